The van der Waals surface area contributed by atoms with E-state index in [1.807, 2.05) is 44.2 Å². The summed E-state index contributed by atoms with van der Waals surface area (Å²) in [6, 6.07) is 10.1. The zero-order valence-corrected chi connectivity index (χ0v) is 11.2. The standard InChI is InChI=1S/C14H20ClNO/c1-11(2)8-14(17)16-13(10-15)9-12-6-4-3-5-7-12/h3-7,11,13H,8-10H2,1-2H3,(H,16,17)/t13-/m1/s1. The van der Waals surface area contributed by atoms with Gasteiger partial charge in [0.1, 0.15) is 0 Å². The van der Waals surface area contributed by atoms with Gasteiger partial charge in [-0.25, -0.2) is 0 Å². The summed E-state index contributed by atoms with van der Waals surface area (Å²) in [5.74, 6) is 0.905. The van der Waals surface area contributed by atoms with Crippen LogP contribution >= 0.6 is 11.6 Å². The summed E-state index contributed by atoms with van der Waals surface area (Å²) in [6.45, 7) is 4.07. The lowest BCUT2D eigenvalue weighted by Gasteiger charge is -2.17. The Morgan fingerprint density at radius 2 is 1.94 bits per heavy atom. The topological polar surface area (TPSA) is 29.1 Å². The summed E-state index contributed by atoms with van der Waals surface area (Å²) in [7, 11) is 0. The van der Waals surface area contributed by atoms with Crippen molar-refractivity contribution in [2.75, 3.05) is 5.88 Å². The highest BCUT2D eigenvalue weighted by atomic mass is 35.5. The van der Waals surface area contributed by atoms with Crippen molar-refractivity contribution in [1.29, 1.82) is 0 Å². The van der Waals surface area contributed by atoms with Gasteiger partial charge in [0.05, 0.1) is 0 Å². The third-order valence-corrected chi connectivity index (χ3v) is 2.84. The molecular formula is C14H20ClNO. The molecule has 0 heterocycles. The highest BCUT2D eigenvalue weighted by Crippen LogP contribution is 2.06. The average molecular weight is 254 g/mol. The highest BCUT2D eigenvalue weighted by Gasteiger charge is 2.12. The smallest absolute Gasteiger partial charge is 0.220 e. The lowest BCUT2D eigenvalue weighted by Crippen LogP contribution is -2.38. The molecule has 1 atom stereocenters. The van der Waals surface area contributed by atoms with E-state index in [2.05, 4.69) is 5.32 Å². The van der Waals surface area contributed by atoms with Crippen LogP contribution in [0, 0.1) is 5.92 Å². The van der Waals surface area contributed by atoms with Crippen molar-refractivity contribution in [2.24, 2.45) is 5.92 Å². The number of hydrogen-bond donors (Lipinski definition) is 1. The fraction of sp³-hybridized carbons (Fsp3) is 0.500. The molecular weight excluding hydrogens is 234 g/mol. The lowest BCUT2D eigenvalue weighted by molar-refractivity contribution is -0.122. The zero-order chi connectivity index (χ0) is 12.7. The molecule has 17 heavy (non-hydrogen) atoms. The van der Waals surface area contributed by atoms with Gasteiger partial charge in [0.2, 0.25) is 5.91 Å². The van der Waals surface area contributed by atoms with Crippen LogP contribution in [0.5, 0.6) is 0 Å². The molecule has 0 aliphatic rings. The van der Waals surface area contributed by atoms with E-state index in [1.165, 1.54) is 5.56 Å². The third kappa shape index (κ3) is 5.73. The van der Waals surface area contributed by atoms with Crippen LogP contribution in [-0.2, 0) is 11.2 Å². The van der Waals surface area contributed by atoms with Gasteiger partial charge in [-0.2, -0.15) is 0 Å². The number of rotatable bonds is 6. The molecule has 1 N–H and O–H groups in total. The van der Waals surface area contributed by atoms with Gasteiger partial charge in [-0.05, 0) is 17.9 Å². The summed E-state index contributed by atoms with van der Waals surface area (Å²) >= 11 is 5.88. The SMILES string of the molecule is CC(C)CC(=O)N[C@@H](CCl)Cc1ccccc1. The van der Waals surface area contributed by atoms with Gasteiger partial charge in [0.15, 0.2) is 0 Å². The molecule has 0 unspecified atom stereocenters. The van der Waals surface area contributed by atoms with E-state index >= 15 is 0 Å². The minimum atomic E-state index is 0.0188. The fourth-order valence-corrected chi connectivity index (χ4v) is 1.89. The van der Waals surface area contributed by atoms with Gasteiger partial charge in [-0.15, -0.1) is 11.6 Å². The molecule has 1 aromatic carbocycles. The Morgan fingerprint density at radius 3 is 2.47 bits per heavy atom. The number of halogens is 1. The number of benzene rings is 1. The van der Waals surface area contributed by atoms with Crippen molar-refractivity contribution in [1.82, 2.24) is 5.32 Å². The van der Waals surface area contributed by atoms with Crippen LogP contribution in [0.15, 0.2) is 30.3 Å². The molecule has 0 bridgehead atoms. The molecule has 0 radical (unpaired) electrons. The third-order valence-electron chi connectivity index (χ3n) is 2.47. The van der Waals surface area contributed by atoms with Crippen LogP contribution in [0.4, 0.5) is 0 Å². The van der Waals surface area contributed by atoms with Crippen LogP contribution in [0.25, 0.3) is 0 Å². The van der Waals surface area contributed by atoms with Gasteiger partial charge < -0.3 is 5.32 Å². The Kier molecular flexibility index (Phi) is 6.06. The largest absolute Gasteiger partial charge is 0.352 e. The normalized spacial score (nSPS) is 12.5. The number of amides is 1. The first-order chi connectivity index (χ1) is 8.11. The first-order valence-electron chi connectivity index (χ1n) is 6.01. The molecule has 0 aromatic heterocycles. The summed E-state index contributed by atoms with van der Waals surface area (Å²) in [4.78, 5) is 11.6. The molecule has 1 rings (SSSR count). The number of carbonyl (C=O) groups excluding carboxylic acids is 1. The van der Waals surface area contributed by atoms with Crippen LogP contribution in [-0.4, -0.2) is 17.8 Å². The minimum absolute atomic E-state index is 0.0188. The van der Waals surface area contributed by atoms with E-state index < -0.39 is 0 Å². The second-order valence-electron chi connectivity index (χ2n) is 4.71. The summed E-state index contributed by atoms with van der Waals surface area (Å²) in [5, 5.41) is 2.98. The van der Waals surface area contributed by atoms with E-state index in [9.17, 15) is 4.79 Å². The van der Waals surface area contributed by atoms with E-state index in [0.717, 1.165) is 6.42 Å². The molecule has 3 heteroatoms. The van der Waals surface area contributed by atoms with Crippen molar-refractivity contribution >= 4 is 17.5 Å². The van der Waals surface area contributed by atoms with Crippen molar-refractivity contribution in [2.45, 2.75) is 32.7 Å². The number of nitrogens with one attached hydrogen (secondary N) is 1. The van der Waals surface area contributed by atoms with Gasteiger partial charge >= 0.3 is 0 Å². The van der Waals surface area contributed by atoms with Crippen LogP contribution in [0.3, 0.4) is 0 Å². The maximum Gasteiger partial charge on any atom is 0.220 e. The molecule has 1 amide bonds. The van der Waals surface area contributed by atoms with E-state index in [0.29, 0.717) is 18.2 Å². The molecule has 1 aromatic rings. The molecule has 94 valence electrons. The second-order valence-corrected chi connectivity index (χ2v) is 5.02. The maximum atomic E-state index is 11.6. The summed E-state index contributed by atoms with van der Waals surface area (Å²) in [5.41, 5.74) is 1.20. The van der Waals surface area contributed by atoms with Crippen molar-refractivity contribution in [3.05, 3.63) is 35.9 Å². The number of alkyl halides is 1. The predicted octanol–water partition coefficient (Wildman–Crippen LogP) is 3.00. The molecule has 2 nitrogen and oxygen atoms in total. The molecule has 0 spiro atoms. The average Bonchev–Trinajstić information content (AvgIpc) is 2.28. The number of hydrogen-bond acceptors (Lipinski definition) is 1. The van der Waals surface area contributed by atoms with Crippen molar-refractivity contribution in [3.63, 3.8) is 0 Å². The van der Waals surface area contributed by atoms with Crippen LogP contribution in [0.2, 0.25) is 0 Å². The predicted molar refractivity (Wildman–Crippen MR) is 72.3 cm³/mol. The Labute approximate surface area is 108 Å². The van der Waals surface area contributed by atoms with Gasteiger partial charge in [-0.3, -0.25) is 4.79 Å². The number of carbonyl (C=O) groups is 1. The Balaban J connectivity index is 2.46. The molecule has 0 saturated carbocycles. The van der Waals surface area contributed by atoms with Gasteiger partial charge in [0.25, 0.3) is 0 Å². The monoisotopic (exact) mass is 253 g/mol. The van der Waals surface area contributed by atoms with Crippen LogP contribution < -0.4 is 5.32 Å². The second kappa shape index (κ2) is 7.33. The zero-order valence-electron chi connectivity index (χ0n) is 10.4. The van der Waals surface area contributed by atoms with Gasteiger partial charge in [-0.1, -0.05) is 44.2 Å². The Hall–Kier alpha value is -1.02. The Bertz CT molecular complexity index is 337. The van der Waals surface area contributed by atoms with E-state index in [4.69, 9.17) is 11.6 Å². The summed E-state index contributed by atoms with van der Waals surface area (Å²) in [6.07, 6.45) is 1.34. The molecule has 0 aliphatic heterocycles. The first kappa shape index (κ1) is 14.0. The lowest BCUT2D eigenvalue weighted by atomic mass is 10.1. The van der Waals surface area contributed by atoms with Crippen molar-refractivity contribution in [3.8, 4) is 0 Å². The molecule has 0 aliphatic carbocycles. The fourth-order valence-electron chi connectivity index (χ4n) is 1.70. The first-order valence-corrected chi connectivity index (χ1v) is 6.54. The molecule has 0 fully saturated rings. The summed E-state index contributed by atoms with van der Waals surface area (Å²) < 4.78 is 0. The van der Waals surface area contributed by atoms with E-state index in [-0.39, 0.29) is 11.9 Å². The highest BCUT2D eigenvalue weighted by molar-refractivity contribution is 6.18. The van der Waals surface area contributed by atoms with E-state index in [1.54, 1.807) is 0 Å². The molecule has 0 saturated heterocycles. The van der Waals surface area contributed by atoms with Crippen LogP contribution in [0.1, 0.15) is 25.8 Å². The maximum absolute atomic E-state index is 11.6. The minimum Gasteiger partial charge on any atom is -0.352 e. The van der Waals surface area contributed by atoms with Crippen molar-refractivity contribution < 1.29 is 4.79 Å². The quantitative estimate of drug-likeness (QED) is 0.776. The van der Waals surface area contributed by atoms with Gasteiger partial charge in [0, 0.05) is 18.3 Å². The Morgan fingerprint density at radius 1 is 1.29 bits per heavy atom.